The van der Waals surface area contributed by atoms with Crippen LogP contribution in [-0.2, 0) is 9.59 Å². The van der Waals surface area contributed by atoms with E-state index >= 15 is 0 Å². The summed E-state index contributed by atoms with van der Waals surface area (Å²) in [5.41, 5.74) is -3.09. The molecule has 0 aliphatic heterocycles. The van der Waals surface area contributed by atoms with Crippen molar-refractivity contribution in [1.29, 1.82) is 0 Å². The maximum Gasteiger partial charge on any atom is 0.312 e. The minimum Gasteiger partial charge on any atom is -0.481 e. The van der Waals surface area contributed by atoms with Crippen molar-refractivity contribution in [2.24, 2.45) is 15.8 Å². The van der Waals surface area contributed by atoms with Gasteiger partial charge in [-0.1, -0.05) is 6.92 Å². The molecule has 0 aromatic rings. The van der Waals surface area contributed by atoms with Crippen LogP contribution in [0.4, 0.5) is 0 Å². The fourth-order valence-corrected chi connectivity index (χ4v) is 2.91. The molecule has 1 aliphatic rings. The summed E-state index contributed by atoms with van der Waals surface area (Å²) in [5.74, 6) is -0.981. The van der Waals surface area contributed by atoms with Crippen LogP contribution in [0, 0.1) is 10.8 Å². The van der Waals surface area contributed by atoms with Gasteiger partial charge in [-0.3, -0.25) is 9.79 Å². The van der Waals surface area contributed by atoms with Crippen LogP contribution < -0.4 is 5.32 Å². The highest BCUT2D eigenvalue weighted by Gasteiger charge is 2.86. The van der Waals surface area contributed by atoms with Gasteiger partial charge in [-0.15, -0.1) is 0 Å². The lowest BCUT2D eigenvalue weighted by atomic mass is 9.97. The number of carbonyl (C=O) groups is 2. The summed E-state index contributed by atoms with van der Waals surface area (Å²) in [5, 5.41) is 12.7. The Hall–Kier alpha value is -1.23. The molecule has 0 bridgehead atoms. The van der Waals surface area contributed by atoms with E-state index in [4.69, 9.17) is 0 Å². The fraction of sp³-hybridized carbons (Fsp3) is 0.786. The standard InChI is InChI=1S/C14H24N2O3/c1-9(2)15-7-12(5)13(6,11(18)19)14(12,8-17)16-10(3)4/h7-10,16H,1-6H3,(H,18,19). The monoisotopic (exact) mass is 268 g/mol. The Morgan fingerprint density at radius 2 is 1.79 bits per heavy atom. The molecule has 0 aromatic carbocycles. The number of aldehydes is 1. The van der Waals surface area contributed by atoms with Gasteiger partial charge in [0.05, 0.1) is 0 Å². The molecule has 19 heavy (non-hydrogen) atoms. The van der Waals surface area contributed by atoms with Crippen LogP contribution in [0.2, 0.25) is 0 Å². The Balaban J connectivity index is 3.28. The zero-order valence-corrected chi connectivity index (χ0v) is 12.5. The van der Waals surface area contributed by atoms with Crippen molar-refractivity contribution in [3.63, 3.8) is 0 Å². The third-order valence-electron chi connectivity index (χ3n) is 4.34. The number of rotatable bonds is 6. The number of aliphatic carboxylic acids is 1. The smallest absolute Gasteiger partial charge is 0.312 e. The van der Waals surface area contributed by atoms with Gasteiger partial charge in [0.25, 0.3) is 0 Å². The van der Waals surface area contributed by atoms with Crippen molar-refractivity contribution < 1.29 is 14.7 Å². The normalized spacial score (nSPS) is 38.1. The van der Waals surface area contributed by atoms with Crippen molar-refractivity contribution >= 4 is 18.5 Å². The van der Waals surface area contributed by atoms with Gasteiger partial charge < -0.3 is 15.2 Å². The number of carbonyl (C=O) groups excluding carboxylic acids is 1. The molecule has 108 valence electrons. The van der Waals surface area contributed by atoms with E-state index < -0.39 is 22.3 Å². The van der Waals surface area contributed by atoms with Crippen molar-refractivity contribution in [3.8, 4) is 0 Å². The summed E-state index contributed by atoms with van der Waals surface area (Å²) in [6.07, 6.45) is 2.36. The minimum absolute atomic E-state index is 0.0122. The van der Waals surface area contributed by atoms with Crippen LogP contribution in [0.15, 0.2) is 4.99 Å². The molecule has 0 aromatic heterocycles. The number of hydrogen-bond acceptors (Lipinski definition) is 4. The van der Waals surface area contributed by atoms with E-state index in [1.165, 1.54) is 0 Å². The van der Waals surface area contributed by atoms with Crippen molar-refractivity contribution in [3.05, 3.63) is 0 Å². The van der Waals surface area contributed by atoms with Gasteiger partial charge in [-0.2, -0.15) is 0 Å². The Kier molecular flexibility index (Phi) is 3.92. The van der Waals surface area contributed by atoms with Gasteiger partial charge in [0, 0.05) is 23.7 Å². The summed E-state index contributed by atoms with van der Waals surface area (Å²) in [6.45, 7) is 11.0. The first kappa shape index (κ1) is 15.8. The first-order valence-corrected chi connectivity index (χ1v) is 6.61. The van der Waals surface area contributed by atoms with Gasteiger partial charge in [-0.25, -0.2) is 0 Å². The van der Waals surface area contributed by atoms with Crippen molar-refractivity contribution in [2.45, 2.75) is 59.2 Å². The third kappa shape index (κ3) is 1.91. The Morgan fingerprint density at radius 1 is 1.26 bits per heavy atom. The minimum atomic E-state index is -1.18. The first-order chi connectivity index (χ1) is 8.59. The molecular weight excluding hydrogens is 244 g/mol. The maximum absolute atomic E-state index is 11.6. The predicted molar refractivity (Wildman–Crippen MR) is 74.5 cm³/mol. The molecule has 1 saturated carbocycles. The average Bonchev–Trinajstić information content (AvgIpc) is 2.71. The molecule has 0 radical (unpaired) electrons. The molecule has 5 heteroatoms. The second-order valence-electron chi connectivity index (χ2n) is 6.23. The van der Waals surface area contributed by atoms with Crippen molar-refractivity contribution in [2.75, 3.05) is 0 Å². The summed E-state index contributed by atoms with van der Waals surface area (Å²) in [6, 6.07) is 0.0806. The lowest BCUT2D eigenvalue weighted by molar-refractivity contribution is -0.145. The number of nitrogens with zero attached hydrogens (tertiary/aromatic N) is 1. The van der Waals surface area contributed by atoms with E-state index in [-0.39, 0.29) is 12.1 Å². The van der Waals surface area contributed by atoms with Gasteiger partial charge in [0.1, 0.15) is 17.2 Å². The van der Waals surface area contributed by atoms with Gasteiger partial charge in [0.15, 0.2) is 0 Å². The Bertz CT molecular complexity index is 419. The van der Waals surface area contributed by atoms with Crippen LogP contribution in [0.3, 0.4) is 0 Å². The summed E-state index contributed by atoms with van der Waals surface area (Å²) in [4.78, 5) is 27.6. The number of nitrogens with one attached hydrogen (secondary N) is 1. The van der Waals surface area contributed by atoms with Gasteiger partial charge >= 0.3 is 5.97 Å². The van der Waals surface area contributed by atoms with E-state index in [0.717, 1.165) is 6.29 Å². The second kappa shape index (κ2) is 4.71. The van der Waals surface area contributed by atoms with Crippen LogP contribution in [-0.4, -0.2) is 41.2 Å². The molecule has 0 saturated heterocycles. The van der Waals surface area contributed by atoms with E-state index in [9.17, 15) is 14.7 Å². The summed E-state index contributed by atoms with van der Waals surface area (Å²) < 4.78 is 0. The Labute approximate surface area is 114 Å². The molecule has 0 amide bonds. The fourth-order valence-electron chi connectivity index (χ4n) is 2.91. The summed E-state index contributed by atoms with van der Waals surface area (Å²) in [7, 11) is 0. The molecule has 1 aliphatic carbocycles. The van der Waals surface area contributed by atoms with Gasteiger partial charge in [-0.05, 0) is 34.6 Å². The Morgan fingerprint density at radius 3 is 2.11 bits per heavy atom. The molecule has 1 rings (SSSR count). The predicted octanol–water partition coefficient (Wildman–Crippen LogP) is 1.51. The molecule has 3 atom stereocenters. The number of carboxylic acid groups (broad SMARTS) is 1. The zero-order chi connectivity index (χ0) is 15.1. The van der Waals surface area contributed by atoms with E-state index in [2.05, 4.69) is 10.3 Å². The lowest BCUT2D eigenvalue weighted by Crippen LogP contribution is -2.46. The molecule has 3 unspecified atom stereocenters. The molecule has 0 spiro atoms. The van der Waals surface area contributed by atoms with Crippen LogP contribution in [0.25, 0.3) is 0 Å². The third-order valence-corrected chi connectivity index (χ3v) is 4.34. The quantitative estimate of drug-likeness (QED) is 0.565. The lowest BCUT2D eigenvalue weighted by Gasteiger charge is -2.19. The first-order valence-electron chi connectivity index (χ1n) is 6.61. The molecular formula is C14H24N2O3. The van der Waals surface area contributed by atoms with Crippen LogP contribution in [0.1, 0.15) is 41.5 Å². The molecule has 2 N–H and O–H groups in total. The number of aliphatic imine (C=N–C) groups is 1. The van der Waals surface area contributed by atoms with E-state index in [1.807, 2.05) is 27.7 Å². The van der Waals surface area contributed by atoms with Crippen LogP contribution in [0.5, 0.6) is 0 Å². The average molecular weight is 268 g/mol. The molecule has 5 nitrogen and oxygen atoms in total. The topological polar surface area (TPSA) is 78.8 Å². The molecule has 1 fully saturated rings. The highest BCUT2D eigenvalue weighted by Crippen LogP contribution is 2.70. The number of hydrogen-bond donors (Lipinski definition) is 2. The second-order valence-corrected chi connectivity index (χ2v) is 6.23. The number of carboxylic acids is 1. The van der Waals surface area contributed by atoms with Crippen LogP contribution >= 0.6 is 0 Å². The zero-order valence-electron chi connectivity index (χ0n) is 12.5. The highest BCUT2D eigenvalue weighted by atomic mass is 16.4. The van der Waals surface area contributed by atoms with Gasteiger partial charge in [0.2, 0.25) is 0 Å². The maximum atomic E-state index is 11.6. The summed E-state index contributed by atoms with van der Waals surface area (Å²) >= 11 is 0. The van der Waals surface area contributed by atoms with E-state index in [1.54, 1.807) is 20.1 Å². The van der Waals surface area contributed by atoms with Crippen molar-refractivity contribution in [1.82, 2.24) is 5.32 Å². The highest BCUT2D eigenvalue weighted by molar-refractivity contribution is 6.03. The largest absolute Gasteiger partial charge is 0.481 e. The molecule has 0 heterocycles. The van der Waals surface area contributed by atoms with E-state index in [0.29, 0.717) is 0 Å². The SMILES string of the molecule is CC(C)N=CC1(C)C(C=O)(NC(C)C)C1(C)C(=O)O.